The maximum Gasteiger partial charge on any atom is 0.242 e. The number of nitrogens with one attached hydrogen (secondary N) is 1. The van der Waals surface area contributed by atoms with Gasteiger partial charge in [0.2, 0.25) is 5.91 Å². The van der Waals surface area contributed by atoms with E-state index in [2.05, 4.69) is 10.4 Å². The first kappa shape index (κ1) is 18.0. The average Bonchev–Trinajstić information content (AvgIpc) is 3.34. The minimum absolute atomic E-state index is 0.111. The summed E-state index contributed by atoms with van der Waals surface area (Å²) in [4.78, 5) is 12.3. The van der Waals surface area contributed by atoms with Crippen LogP contribution in [0.15, 0.2) is 79.3 Å². The average molecular weight is 392 g/mol. The third-order valence-corrected chi connectivity index (χ3v) is 4.44. The predicted molar refractivity (Wildman–Crippen MR) is 108 cm³/mol. The lowest BCUT2D eigenvalue weighted by molar-refractivity contribution is -0.122. The second-order valence-electron chi connectivity index (χ2n) is 6.28. The standard InChI is InChI=1S/C21H18ClN5O/c22-18-12-24-26(14-18)15-20(28)23-11-17-13-27(19-9-5-2-6-10-19)25-21(17)16-7-3-1-4-8-16/h1-10,12-14H,11,15H2,(H,23,28). The summed E-state index contributed by atoms with van der Waals surface area (Å²) in [6, 6.07) is 19.8. The lowest BCUT2D eigenvalue weighted by Crippen LogP contribution is -2.27. The second kappa shape index (κ2) is 8.10. The molecule has 2 aromatic heterocycles. The molecule has 28 heavy (non-hydrogen) atoms. The summed E-state index contributed by atoms with van der Waals surface area (Å²) in [7, 11) is 0. The molecule has 0 radical (unpaired) electrons. The van der Waals surface area contributed by atoms with Crippen LogP contribution >= 0.6 is 11.6 Å². The number of benzene rings is 2. The SMILES string of the molecule is O=C(Cn1cc(Cl)cn1)NCc1cn(-c2ccccc2)nc1-c1ccccc1. The fraction of sp³-hybridized carbons (Fsp3) is 0.0952. The van der Waals surface area contributed by atoms with E-state index in [1.165, 1.54) is 10.9 Å². The van der Waals surface area contributed by atoms with Crippen LogP contribution in [0.5, 0.6) is 0 Å². The molecule has 2 aromatic carbocycles. The van der Waals surface area contributed by atoms with Gasteiger partial charge in [-0.15, -0.1) is 0 Å². The monoisotopic (exact) mass is 391 g/mol. The minimum atomic E-state index is -0.147. The number of hydrogen-bond donors (Lipinski definition) is 1. The highest BCUT2D eigenvalue weighted by molar-refractivity contribution is 6.30. The molecule has 0 aliphatic rings. The highest BCUT2D eigenvalue weighted by Crippen LogP contribution is 2.23. The molecule has 1 N–H and O–H groups in total. The Morgan fingerprint density at radius 2 is 1.71 bits per heavy atom. The summed E-state index contributed by atoms with van der Waals surface area (Å²) in [5.41, 5.74) is 3.73. The fourth-order valence-electron chi connectivity index (χ4n) is 2.91. The van der Waals surface area contributed by atoms with Gasteiger partial charge in [-0.2, -0.15) is 10.2 Å². The van der Waals surface area contributed by atoms with E-state index in [1.807, 2.05) is 71.5 Å². The van der Waals surface area contributed by atoms with Gasteiger partial charge in [-0.05, 0) is 12.1 Å². The van der Waals surface area contributed by atoms with Crippen molar-refractivity contribution >= 4 is 17.5 Å². The number of carbonyl (C=O) groups excluding carboxylic acids is 1. The van der Waals surface area contributed by atoms with Crippen molar-refractivity contribution in [2.24, 2.45) is 0 Å². The van der Waals surface area contributed by atoms with Crippen LogP contribution in [0, 0.1) is 0 Å². The van der Waals surface area contributed by atoms with Crippen LogP contribution in [-0.2, 0) is 17.9 Å². The molecule has 0 bridgehead atoms. The van der Waals surface area contributed by atoms with Crippen LogP contribution in [-0.4, -0.2) is 25.5 Å². The molecule has 4 rings (SSSR count). The summed E-state index contributed by atoms with van der Waals surface area (Å²) in [5.74, 6) is -0.147. The van der Waals surface area contributed by atoms with Crippen molar-refractivity contribution in [2.45, 2.75) is 13.1 Å². The molecular formula is C21H18ClN5O. The van der Waals surface area contributed by atoms with E-state index in [0.29, 0.717) is 11.6 Å². The van der Waals surface area contributed by atoms with Crippen LogP contribution in [0.4, 0.5) is 0 Å². The van der Waals surface area contributed by atoms with Gasteiger partial charge in [-0.3, -0.25) is 9.48 Å². The van der Waals surface area contributed by atoms with Gasteiger partial charge in [-0.25, -0.2) is 4.68 Å². The van der Waals surface area contributed by atoms with Crippen LogP contribution in [0.3, 0.4) is 0 Å². The van der Waals surface area contributed by atoms with Crippen molar-refractivity contribution in [1.29, 1.82) is 0 Å². The molecule has 0 unspecified atom stereocenters. The van der Waals surface area contributed by atoms with Gasteiger partial charge < -0.3 is 5.32 Å². The first-order chi connectivity index (χ1) is 13.7. The summed E-state index contributed by atoms with van der Waals surface area (Å²) < 4.78 is 3.33. The van der Waals surface area contributed by atoms with E-state index >= 15 is 0 Å². The number of halogens is 1. The van der Waals surface area contributed by atoms with Gasteiger partial charge in [0.25, 0.3) is 0 Å². The molecule has 0 saturated heterocycles. The Balaban J connectivity index is 1.56. The van der Waals surface area contributed by atoms with Crippen molar-refractivity contribution in [3.8, 4) is 16.9 Å². The predicted octanol–water partition coefficient (Wildman–Crippen LogP) is 3.71. The molecule has 0 aliphatic heterocycles. The van der Waals surface area contributed by atoms with Crippen molar-refractivity contribution in [3.05, 3.63) is 89.8 Å². The van der Waals surface area contributed by atoms with Gasteiger partial charge in [0, 0.05) is 30.1 Å². The lowest BCUT2D eigenvalue weighted by atomic mass is 10.1. The third-order valence-electron chi connectivity index (χ3n) is 4.24. The van der Waals surface area contributed by atoms with Crippen LogP contribution < -0.4 is 5.32 Å². The highest BCUT2D eigenvalue weighted by Gasteiger charge is 2.13. The molecule has 4 aromatic rings. The number of hydrogen-bond acceptors (Lipinski definition) is 3. The van der Waals surface area contributed by atoms with Gasteiger partial charge in [-0.1, -0.05) is 60.1 Å². The summed E-state index contributed by atoms with van der Waals surface area (Å²) >= 11 is 5.84. The fourth-order valence-corrected chi connectivity index (χ4v) is 3.07. The Hall–Kier alpha value is -3.38. The lowest BCUT2D eigenvalue weighted by Gasteiger charge is -2.06. The van der Waals surface area contributed by atoms with Crippen molar-refractivity contribution in [3.63, 3.8) is 0 Å². The first-order valence-corrected chi connectivity index (χ1v) is 9.21. The van der Waals surface area contributed by atoms with Crippen LogP contribution in [0.25, 0.3) is 16.9 Å². The molecule has 0 saturated carbocycles. The number of nitrogens with zero attached hydrogens (tertiary/aromatic N) is 4. The summed E-state index contributed by atoms with van der Waals surface area (Å²) in [6.45, 7) is 0.477. The summed E-state index contributed by atoms with van der Waals surface area (Å²) in [5, 5.41) is 12.2. The Bertz CT molecular complexity index is 1070. The molecule has 2 heterocycles. The van der Waals surface area contributed by atoms with E-state index < -0.39 is 0 Å². The molecule has 0 fully saturated rings. The van der Waals surface area contributed by atoms with Crippen molar-refractivity contribution < 1.29 is 4.79 Å². The van der Waals surface area contributed by atoms with Gasteiger partial charge in [0.15, 0.2) is 0 Å². The van der Waals surface area contributed by atoms with Crippen LogP contribution in [0.1, 0.15) is 5.56 Å². The zero-order chi connectivity index (χ0) is 19.3. The normalized spacial score (nSPS) is 10.8. The zero-order valence-electron chi connectivity index (χ0n) is 15.0. The molecule has 0 atom stereocenters. The van der Waals surface area contributed by atoms with Gasteiger partial charge in [0.05, 0.1) is 22.6 Å². The maximum absolute atomic E-state index is 12.3. The van der Waals surface area contributed by atoms with E-state index in [9.17, 15) is 4.79 Å². The third kappa shape index (κ3) is 4.13. The molecule has 0 aliphatic carbocycles. The van der Waals surface area contributed by atoms with Gasteiger partial charge in [0.1, 0.15) is 6.54 Å². The van der Waals surface area contributed by atoms with E-state index in [4.69, 9.17) is 16.7 Å². The highest BCUT2D eigenvalue weighted by atomic mass is 35.5. The topological polar surface area (TPSA) is 64.7 Å². The second-order valence-corrected chi connectivity index (χ2v) is 6.72. The number of amides is 1. The van der Waals surface area contributed by atoms with Crippen LogP contribution in [0.2, 0.25) is 5.02 Å². The molecule has 1 amide bonds. The molecule has 0 spiro atoms. The molecule has 7 heteroatoms. The first-order valence-electron chi connectivity index (χ1n) is 8.83. The van der Waals surface area contributed by atoms with E-state index in [-0.39, 0.29) is 12.5 Å². The molecule has 140 valence electrons. The summed E-state index contributed by atoms with van der Waals surface area (Å²) in [6.07, 6.45) is 5.07. The number of para-hydroxylation sites is 1. The Kier molecular flexibility index (Phi) is 5.21. The van der Waals surface area contributed by atoms with Crippen molar-refractivity contribution in [2.75, 3.05) is 0 Å². The Morgan fingerprint density at radius 3 is 2.39 bits per heavy atom. The zero-order valence-corrected chi connectivity index (χ0v) is 15.8. The molecular weight excluding hydrogens is 374 g/mol. The Morgan fingerprint density at radius 1 is 1.00 bits per heavy atom. The van der Waals surface area contributed by atoms with Crippen molar-refractivity contribution in [1.82, 2.24) is 24.9 Å². The number of rotatable bonds is 6. The number of carbonyl (C=O) groups is 1. The molecule has 6 nitrogen and oxygen atoms in total. The maximum atomic E-state index is 12.3. The minimum Gasteiger partial charge on any atom is -0.350 e. The number of aromatic nitrogens is 4. The van der Waals surface area contributed by atoms with E-state index in [1.54, 1.807) is 6.20 Å². The van der Waals surface area contributed by atoms with E-state index in [0.717, 1.165) is 22.5 Å². The van der Waals surface area contributed by atoms with Gasteiger partial charge >= 0.3 is 0 Å². The Labute approximate surface area is 167 Å². The largest absolute Gasteiger partial charge is 0.350 e. The smallest absolute Gasteiger partial charge is 0.242 e. The quantitative estimate of drug-likeness (QED) is 0.545.